The van der Waals surface area contributed by atoms with Crippen molar-refractivity contribution in [1.82, 2.24) is 10.3 Å². The van der Waals surface area contributed by atoms with Crippen LogP contribution in [0, 0.1) is 5.92 Å². The van der Waals surface area contributed by atoms with Crippen LogP contribution >= 0.6 is 0 Å². The van der Waals surface area contributed by atoms with Crippen LogP contribution < -0.4 is 5.32 Å². The molecule has 2 atom stereocenters. The van der Waals surface area contributed by atoms with Gasteiger partial charge in [-0.25, -0.2) is 0 Å². The minimum atomic E-state index is -0.788. The molecule has 4 heteroatoms. The molecule has 1 aromatic heterocycles. The number of carboxylic acid groups (broad SMARTS) is 1. The Bertz CT molecular complexity index is 418. The van der Waals surface area contributed by atoms with Crippen LogP contribution in [-0.4, -0.2) is 22.1 Å². The molecule has 1 aliphatic rings. The van der Waals surface area contributed by atoms with Crippen LogP contribution in [0.4, 0.5) is 0 Å². The largest absolute Gasteiger partial charge is 0.480 e. The molecule has 17 heavy (non-hydrogen) atoms. The Morgan fingerprint density at radius 2 is 2.35 bits per heavy atom. The van der Waals surface area contributed by atoms with E-state index in [1.807, 2.05) is 19.9 Å². The summed E-state index contributed by atoms with van der Waals surface area (Å²) in [6.07, 6.45) is 3.68. The molecule has 0 fully saturated rings. The van der Waals surface area contributed by atoms with Gasteiger partial charge in [0.05, 0.1) is 11.7 Å². The molecule has 0 amide bonds. The van der Waals surface area contributed by atoms with E-state index in [1.54, 1.807) is 6.20 Å². The zero-order valence-corrected chi connectivity index (χ0v) is 10.2. The molecular weight excluding hydrogens is 216 g/mol. The lowest BCUT2D eigenvalue weighted by Gasteiger charge is -2.22. The maximum absolute atomic E-state index is 11.2. The van der Waals surface area contributed by atoms with Gasteiger partial charge in [0.25, 0.3) is 0 Å². The first kappa shape index (κ1) is 12.0. The summed E-state index contributed by atoms with van der Waals surface area (Å²) in [4.78, 5) is 15.5. The molecule has 0 aromatic carbocycles. The van der Waals surface area contributed by atoms with E-state index < -0.39 is 12.0 Å². The molecule has 2 unspecified atom stereocenters. The number of aryl methyl sites for hydroxylation is 1. The Balaban J connectivity index is 2.13. The van der Waals surface area contributed by atoms with Gasteiger partial charge >= 0.3 is 5.97 Å². The highest BCUT2D eigenvalue weighted by Crippen LogP contribution is 2.29. The van der Waals surface area contributed by atoms with Gasteiger partial charge in [-0.15, -0.1) is 0 Å². The highest BCUT2D eigenvalue weighted by atomic mass is 16.4. The summed E-state index contributed by atoms with van der Waals surface area (Å²) < 4.78 is 0. The van der Waals surface area contributed by atoms with Crippen LogP contribution in [0.2, 0.25) is 0 Å². The van der Waals surface area contributed by atoms with Gasteiger partial charge < -0.3 is 5.11 Å². The van der Waals surface area contributed by atoms with Gasteiger partial charge in [-0.1, -0.05) is 19.9 Å². The molecule has 2 rings (SSSR count). The van der Waals surface area contributed by atoms with Crippen molar-refractivity contribution < 1.29 is 9.90 Å². The third-order valence-corrected chi connectivity index (χ3v) is 3.27. The Hall–Kier alpha value is -1.42. The maximum Gasteiger partial charge on any atom is 0.320 e. The van der Waals surface area contributed by atoms with Gasteiger partial charge in [-0.05, 0) is 30.4 Å². The smallest absolute Gasteiger partial charge is 0.320 e. The first-order valence-electron chi connectivity index (χ1n) is 6.02. The summed E-state index contributed by atoms with van der Waals surface area (Å²) >= 11 is 0. The van der Waals surface area contributed by atoms with Crippen LogP contribution in [0.5, 0.6) is 0 Å². The van der Waals surface area contributed by atoms with Crippen molar-refractivity contribution in [3.05, 3.63) is 29.6 Å². The number of fused-ring (bicyclic) bond motifs is 1. The predicted octanol–water partition coefficient (Wildman–Crippen LogP) is 1.77. The zero-order valence-electron chi connectivity index (χ0n) is 10.2. The first-order chi connectivity index (χ1) is 8.09. The zero-order chi connectivity index (χ0) is 12.4. The molecule has 0 saturated heterocycles. The number of nitrogens with one attached hydrogen (secondary N) is 1. The predicted molar refractivity (Wildman–Crippen MR) is 64.7 cm³/mol. The average molecular weight is 234 g/mol. The number of hydrogen-bond acceptors (Lipinski definition) is 3. The average Bonchev–Trinajstić information content (AvgIpc) is 2.68. The molecular formula is C13H18N2O2. The number of carboxylic acids is 1. The van der Waals surface area contributed by atoms with Gasteiger partial charge in [0.15, 0.2) is 0 Å². The van der Waals surface area contributed by atoms with Gasteiger partial charge in [0.2, 0.25) is 0 Å². The third-order valence-electron chi connectivity index (χ3n) is 3.27. The van der Waals surface area contributed by atoms with E-state index in [4.69, 9.17) is 5.11 Å². The molecule has 0 saturated carbocycles. The van der Waals surface area contributed by atoms with Crippen molar-refractivity contribution in [1.29, 1.82) is 0 Å². The van der Waals surface area contributed by atoms with E-state index in [1.165, 1.54) is 5.56 Å². The number of nitrogens with zero attached hydrogens (tertiary/aromatic N) is 1. The lowest BCUT2D eigenvalue weighted by Crippen LogP contribution is -2.42. The van der Waals surface area contributed by atoms with Crippen LogP contribution in [0.1, 0.15) is 37.6 Å². The topological polar surface area (TPSA) is 62.2 Å². The van der Waals surface area contributed by atoms with Crippen molar-refractivity contribution in [2.45, 2.75) is 38.8 Å². The second kappa shape index (κ2) is 4.84. The Labute approximate surface area is 101 Å². The molecule has 0 radical (unpaired) electrons. The number of pyridine rings is 1. The van der Waals surface area contributed by atoms with Gasteiger partial charge in [-0.2, -0.15) is 0 Å². The molecule has 4 nitrogen and oxygen atoms in total. The van der Waals surface area contributed by atoms with Crippen molar-refractivity contribution in [2.24, 2.45) is 5.92 Å². The Morgan fingerprint density at radius 3 is 3.00 bits per heavy atom. The van der Waals surface area contributed by atoms with E-state index in [0.717, 1.165) is 18.5 Å². The quantitative estimate of drug-likeness (QED) is 0.833. The lowest BCUT2D eigenvalue weighted by atomic mass is 10.0. The summed E-state index contributed by atoms with van der Waals surface area (Å²) in [7, 11) is 0. The molecule has 1 aliphatic carbocycles. The van der Waals surface area contributed by atoms with Gasteiger partial charge in [-0.3, -0.25) is 15.1 Å². The lowest BCUT2D eigenvalue weighted by molar-refractivity contribution is -0.140. The summed E-state index contributed by atoms with van der Waals surface area (Å²) in [5.41, 5.74) is 2.25. The van der Waals surface area contributed by atoms with E-state index in [0.29, 0.717) is 0 Å². The molecule has 2 N–H and O–H groups in total. The second-order valence-corrected chi connectivity index (χ2v) is 4.87. The minimum Gasteiger partial charge on any atom is -0.480 e. The fraction of sp³-hybridized carbons (Fsp3) is 0.538. The Morgan fingerprint density at radius 1 is 1.59 bits per heavy atom. The fourth-order valence-electron chi connectivity index (χ4n) is 2.34. The van der Waals surface area contributed by atoms with E-state index in [-0.39, 0.29) is 12.0 Å². The molecule has 0 bridgehead atoms. The van der Waals surface area contributed by atoms with Crippen molar-refractivity contribution in [2.75, 3.05) is 0 Å². The van der Waals surface area contributed by atoms with Crippen LogP contribution in [0.15, 0.2) is 18.3 Å². The highest BCUT2D eigenvalue weighted by Gasteiger charge is 2.29. The summed E-state index contributed by atoms with van der Waals surface area (Å²) in [6, 6.07) is 3.57. The van der Waals surface area contributed by atoms with Crippen molar-refractivity contribution in [3.8, 4) is 0 Å². The van der Waals surface area contributed by atoms with E-state index in [2.05, 4.69) is 16.4 Å². The highest BCUT2D eigenvalue weighted by molar-refractivity contribution is 5.73. The number of carbonyl (C=O) groups is 1. The molecule has 0 aliphatic heterocycles. The standard InChI is InChI=1S/C13H18N2O2/c1-8(2)11(13(16)17)15-10-6-5-9-4-3-7-14-12(9)10/h3-4,7-8,10-11,15H,5-6H2,1-2H3,(H,16,17). The number of hydrogen-bond donors (Lipinski definition) is 2. The Kier molecular flexibility index (Phi) is 3.43. The number of aromatic nitrogens is 1. The number of rotatable bonds is 4. The monoisotopic (exact) mass is 234 g/mol. The van der Waals surface area contributed by atoms with Crippen LogP contribution in [-0.2, 0) is 11.2 Å². The second-order valence-electron chi connectivity index (χ2n) is 4.87. The van der Waals surface area contributed by atoms with Gasteiger partial charge in [0.1, 0.15) is 6.04 Å². The molecule has 1 aromatic rings. The molecule has 92 valence electrons. The maximum atomic E-state index is 11.2. The first-order valence-corrected chi connectivity index (χ1v) is 6.02. The fourth-order valence-corrected chi connectivity index (χ4v) is 2.34. The van der Waals surface area contributed by atoms with Gasteiger partial charge in [0, 0.05) is 6.20 Å². The summed E-state index contributed by atoms with van der Waals surface area (Å²) in [5.74, 6) is -0.718. The third kappa shape index (κ3) is 2.47. The normalized spacial score (nSPS) is 20.3. The SMILES string of the molecule is CC(C)C(NC1CCc2cccnc21)C(=O)O. The van der Waals surface area contributed by atoms with Crippen LogP contribution in [0.25, 0.3) is 0 Å². The number of aliphatic carboxylic acids is 1. The summed E-state index contributed by atoms with van der Waals surface area (Å²) in [5, 5.41) is 12.4. The van der Waals surface area contributed by atoms with E-state index in [9.17, 15) is 4.79 Å². The van der Waals surface area contributed by atoms with E-state index >= 15 is 0 Å². The van der Waals surface area contributed by atoms with Crippen molar-refractivity contribution >= 4 is 5.97 Å². The van der Waals surface area contributed by atoms with Crippen molar-refractivity contribution in [3.63, 3.8) is 0 Å². The molecule has 1 heterocycles. The minimum absolute atomic E-state index is 0.0697. The van der Waals surface area contributed by atoms with Crippen LogP contribution in [0.3, 0.4) is 0 Å². The summed E-state index contributed by atoms with van der Waals surface area (Å²) in [6.45, 7) is 3.83. The molecule has 0 spiro atoms.